The molecule has 96 valence electrons. The molecule has 2 aliphatic rings. The average Bonchev–Trinajstić information content (AvgIpc) is 2.95. The minimum absolute atomic E-state index is 0.0152. The van der Waals surface area contributed by atoms with Crippen molar-refractivity contribution in [3.05, 3.63) is 0 Å². The summed E-state index contributed by atoms with van der Waals surface area (Å²) < 4.78 is 0. The van der Waals surface area contributed by atoms with Gasteiger partial charge in [0.1, 0.15) is 6.04 Å². The van der Waals surface area contributed by atoms with Crippen molar-refractivity contribution in [3.63, 3.8) is 0 Å². The molecule has 0 aromatic carbocycles. The highest BCUT2D eigenvalue weighted by atomic mass is 16.2. The van der Waals surface area contributed by atoms with Crippen molar-refractivity contribution in [1.29, 1.82) is 0 Å². The molecule has 0 aromatic rings. The number of carbonyl (C=O) groups is 2. The van der Waals surface area contributed by atoms with Gasteiger partial charge < -0.3 is 16.0 Å². The highest BCUT2D eigenvalue weighted by Gasteiger charge is 2.36. The molecule has 1 saturated heterocycles. The Balaban J connectivity index is 1.97. The summed E-state index contributed by atoms with van der Waals surface area (Å²) in [6, 6.07) is -0.0588. The van der Waals surface area contributed by atoms with E-state index >= 15 is 0 Å². The smallest absolute Gasteiger partial charge is 0.245 e. The lowest BCUT2D eigenvalue weighted by atomic mass is 10.0. The number of hydrogen-bond donors (Lipinski definition) is 2. The SMILES string of the molecule is CN(C(=O)[C@H]1CCC(=O)N1)C1CCCC1CN. The maximum atomic E-state index is 12.2. The minimum atomic E-state index is -0.313. The number of amides is 2. The van der Waals surface area contributed by atoms with Crippen LogP contribution in [0.1, 0.15) is 32.1 Å². The van der Waals surface area contributed by atoms with Gasteiger partial charge in [0.15, 0.2) is 0 Å². The van der Waals surface area contributed by atoms with Gasteiger partial charge in [0.25, 0.3) is 0 Å². The molecule has 0 radical (unpaired) electrons. The van der Waals surface area contributed by atoms with Crippen LogP contribution in [-0.2, 0) is 9.59 Å². The number of hydrogen-bond acceptors (Lipinski definition) is 3. The highest BCUT2D eigenvalue weighted by Crippen LogP contribution is 2.29. The fourth-order valence-corrected chi connectivity index (χ4v) is 3.01. The van der Waals surface area contributed by atoms with Crippen molar-refractivity contribution in [2.75, 3.05) is 13.6 Å². The van der Waals surface area contributed by atoms with Crippen LogP contribution in [0.15, 0.2) is 0 Å². The van der Waals surface area contributed by atoms with Crippen LogP contribution in [0.25, 0.3) is 0 Å². The summed E-state index contributed by atoms with van der Waals surface area (Å²) in [7, 11) is 1.84. The Morgan fingerprint density at radius 2 is 2.24 bits per heavy atom. The van der Waals surface area contributed by atoms with E-state index in [2.05, 4.69) is 5.32 Å². The van der Waals surface area contributed by atoms with Gasteiger partial charge >= 0.3 is 0 Å². The minimum Gasteiger partial charge on any atom is -0.344 e. The Bertz CT molecular complexity index is 319. The topological polar surface area (TPSA) is 75.4 Å². The molecule has 0 aromatic heterocycles. The van der Waals surface area contributed by atoms with Crippen molar-refractivity contribution in [2.45, 2.75) is 44.2 Å². The molecule has 3 N–H and O–H groups in total. The Labute approximate surface area is 102 Å². The lowest BCUT2D eigenvalue weighted by Crippen LogP contribution is -2.49. The van der Waals surface area contributed by atoms with E-state index in [-0.39, 0.29) is 23.9 Å². The Morgan fingerprint density at radius 1 is 1.47 bits per heavy atom. The predicted octanol–water partition coefficient (Wildman–Crippen LogP) is -0.149. The van der Waals surface area contributed by atoms with E-state index in [0.717, 1.165) is 19.3 Å². The van der Waals surface area contributed by atoms with Crippen molar-refractivity contribution >= 4 is 11.8 Å². The molecule has 5 nitrogen and oxygen atoms in total. The second-order valence-corrected chi connectivity index (χ2v) is 5.10. The molecular weight excluding hydrogens is 218 g/mol. The van der Waals surface area contributed by atoms with E-state index in [1.54, 1.807) is 4.90 Å². The molecule has 1 aliphatic carbocycles. The first-order valence-electron chi connectivity index (χ1n) is 6.39. The van der Waals surface area contributed by atoms with Crippen LogP contribution in [-0.4, -0.2) is 42.4 Å². The molecule has 2 fully saturated rings. The van der Waals surface area contributed by atoms with E-state index in [4.69, 9.17) is 5.73 Å². The van der Waals surface area contributed by atoms with Crippen molar-refractivity contribution in [1.82, 2.24) is 10.2 Å². The summed E-state index contributed by atoms with van der Waals surface area (Å²) >= 11 is 0. The Kier molecular flexibility index (Phi) is 3.66. The van der Waals surface area contributed by atoms with Crippen molar-refractivity contribution < 1.29 is 9.59 Å². The number of carbonyl (C=O) groups excluding carboxylic acids is 2. The zero-order chi connectivity index (χ0) is 12.4. The molecule has 2 rings (SSSR count). The standard InChI is InChI=1S/C12H21N3O2/c1-15(10-4-2-3-8(10)7-13)12(17)9-5-6-11(16)14-9/h8-10H,2-7,13H2,1H3,(H,14,16)/t8?,9-,10?/m1/s1. The second-order valence-electron chi connectivity index (χ2n) is 5.10. The first kappa shape index (κ1) is 12.4. The van der Waals surface area contributed by atoms with E-state index in [0.29, 0.717) is 25.3 Å². The van der Waals surface area contributed by atoms with Gasteiger partial charge in [-0.15, -0.1) is 0 Å². The monoisotopic (exact) mass is 239 g/mol. The molecule has 0 spiro atoms. The molecule has 1 heterocycles. The second kappa shape index (κ2) is 5.04. The number of nitrogens with zero attached hydrogens (tertiary/aromatic N) is 1. The van der Waals surface area contributed by atoms with E-state index in [9.17, 15) is 9.59 Å². The predicted molar refractivity (Wildman–Crippen MR) is 64.1 cm³/mol. The third-order valence-electron chi connectivity index (χ3n) is 4.06. The third-order valence-corrected chi connectivity index (χ3v) is 4.06. The summed E-state index contributed by atoms with van der Waals surface area (Å²) in [4.78, 5) is 25.1. The summed E-state index contributed by atoms with van der Waals surface area (Å²) in [6.07, 6.45) is 4.37. The molecular formula is C12H21N3O2. The molecule has 1 saturated carbocycles. The van der Waals surface area contributed by atoms with E-state index in [1.165, 1.54) is 0 Å². The largest absolute Gasteiger partial charge is 0.344 e. The van der Waals surface area contributed by atoms with Gasteiger partial charge in [-0.05, 0) is 31.7 Å². The highest BCUT2D eigenvalue weighted by molar-refractivity contribution is 5.90. The lowest BCUT2D eigenvalue weighted by molar-refractivity contribution is -0.135. The number of nitrogens with two attached hydrogens (primary N) is 1. The lowest BCUT2D eigenvalue weighted by Gasteiger charge is -2.31. The summed E-state index contributed by atoms with van der Waals surface area (Å²) in [6.45, 7) is 0.638. The van der Waals surface area contributed by atoms with Gasteiger partial charge in [0.05, 0.1) is 0 Å². The van der Waals surface area contributed by atoms with Gasteiger partial charge in [-0.3, -0.25) is 9.59 Å². The van der Waals surface area contributed by atoms with Crippen LogP contribution in [0, 0.1) is 5.92 Å². The van der Waals surface area contributed by atoms with E-state index < -0.39 is 0 Å². The number of nitrogens with one attached hydrogen (secondary N) is 1. The molecule has 2 amide bonds. The van der Waals surface area contributed by atoms with Crippen LogP contribution >= 0.6 is 0 Å². The molecule has 1 aliphatic heterocycles. The van der Waals surface area contributed by atoms with Gasteiger partial charge in [-0.2, -0.15) is 0 Å². The fraction of sp³-hybridized carbons (Fsp3) is 0.833. The van der Waals surface area contributed by atoms with Crippen molar-refractivity contribution in [2.24, 2.45) is 11.7 Å². The summed E-state index contributed by atoms with van der Waals surface area (Å²) in [5.41, 5.74) is 5.73. The molecule has 2 unspecified atom stereocenters. The van der Waals surface area contributed by atoms with Gasteiger partial charge in [-0.25, -0.2) is 0 Å². The van der Waals surface area contributed by atoms with Crippen molar-refractivity contribution in [3.8, 4) is 0 Å². The first-order valence-corrected chi connectivity index (χ1v) is 6.39. The molecule has 5 heteroatoms. The molecule has 0 bridgehead atoms. The van der Waals surface area contributed by atoms with Gasteiger partial charge in [-0.1, -0.05) is 6.42 Å². The fourth-order valence-electron chi connectivity index (χ4n) is 3.01. The quantitative estimate of drug-likeness (QED) is 0.719. The third kappa shape index (κ3) is 2.44. The zero-order valence-electron chi connectivity index (χ0n) is 10.3. The number of likely N-dealkylation sites (N-methyl/N-ethyl adjacent to an activating group) is 1. The first-order chi connectivity index (χ1) is 8.13. The maximum Gasteiger partial charge on any atom is 0.245 e. The Hall–Kier alpha value is -1.10. The van der Waals surface area contributed by atoms with Crippen LogP contribution in [0.4, 0.5) is 0 Å². The summed E-state index contributed by atoms with van der Waals surface area (Å²) in [5, 5.41) is 2.73. The number of rotatable bonds is 3. The normalized spacial score (nSPS) is 32.6. The van der Waals surface area contributed by atoms with Crippen LogP contribution < -0.4 is 11.1 Å². The molecule has 17 heavy (non-hydrogen) atoms. The van der Waals surface area contributed by atoms with E-state index in [1.807, 2.05) is 7.05 Å². The van der Waals surface area contributed by atoms with Crippen LogP contribution in [0.2, 0.25) is 0 Å². The average molecular weight is 239 g/mol. The maximum absolute atomic E-state index is 12.2. The molecule has 3 atom stereocenters. The van der Waals surface area contributed by atoms with Gasteiger partial charge in [0.2, 0.25) is 11.8 Å². The Morgan fingerprint density at radius 3 is 2.82 bits per heavy atom. The van der Waals surface area contributed by atoms with Crippen LogP contribution in [0.5, 0.6) is 0 Å². The van der Waals surface area contributed by atoms with Crippen LogP contribution in [0.3, 0.4) is 0 Å². The zero-order valence-corrected chi connectivity index (χ0v) is 10.3. The van der Waals surface area contributed by atoms with Gasteiger partial charge in [0, 0.05) is 19.5 Å². The summed E-state index contributed by atoms with van der Waals surface area (Å²) in [5.74, 6) is 0.445.